The number of hydrogen-bond donors (Lipinski definition) is 0. The standard InChI is InChI=1S/C82H64N10/c1-53-34-38-64-68-47-59(37-41-76(68)91(78(64)44-53)56-24-10-4-11-25-56)87(58-35-39-74-66(45-58)62-28-14-17-31-72(62)89(74)54-20-6-2-7-21-54)79-51-83-70(49-85-79)71-50-86-80(52-84-71)88(60-36-40-75-67(46-60)63-29-15-18-32-73(63)90(75)55-22-8-3-9-23-55)61-42-43-82-69(48-61)81(82)65-30-16-19-33-77(65)92(82)57-26-12-5-13-27-57/h2-15,17-26,28-29,31-43,45-53,57,62,69,72,81H,16,27,30,44H2,1H3. The molecule has 0 N–H and O–H groups in total. The van der Waals surface area contributed by atoms with Crippen molar-refractivity contribution < 1.29 is 0 Å². The van der Waals surface area contributed by atoms with Crippen LogP contribution < -0.4 is 14.7 Å². The summed E-state index contributed by atoms with van der Waals surface area (Å²) in [5.74, 6) is 2.76. The lowest BCUT2D eigenvalue weighted by Crippen LogP contribution is -2.43. The minimum absolute atomic E-state index is 0.0913. The van der Waals surface area contributed by atoms with Crippen LogP contribution in [0.25, 0.3) is 61.5 Å². The summed E-state index contributed by atoms with van der Waals surface area (Å²) in [5, 5.41) is 3.56. The third-order valence-electron chi connectivity index (χ3n) is 20.7. The van der Waals surface area contributed by atoms with Gasteiger partial charge in [0.05, 0.1) is 59.0 Å². The molecule has 6 heterocycles. The van der Waals surface area contributed by atoms with Crippen LogP contribution in [0.3, 0.4) is 0 Å². The Bertz CT molecular complexity index is 5120. The van der Waals surface area contributed by atoms with Crippen LogP contribution in [-0.2, 0) is 6.42 Å². The number of nitrogens with zero attached hydrogens (tertiary/aromatic N) is 10. The number of hydrogen-bond acceptors (Lipinski definition) is 8. The number of benzene rings is 7. The van der Waals surface area contributed by atoms with E-state index in [0.29, 0.717) is 41.0 Å². The predicted molar refractivity (Wildman–Crippen MR) is 374 cm³/mol. The van der Waals surface area contributed by atoms with Gasteiger partial charge in [0.15, 0.2) is 11.6 Å². The van der Waals surface area contributed by atoms with Crippen molar-refractivity contribution in [1.82, 2.24) is 34.0 Å². The number of para-hydroxylation sites is 4. The SMILES string of the molecule is CC1C=Cc2c(n(-c3ccccc3)c3ccc(N(c4ccc5c(c4)C4C=CC=CC4N5c4ccccc4)c4cnc(-c5cnc(N(C6=CC7C8C9=C(C=CCC9)N(C9C=CC=CC9)C78C=C6)c6ccc7c(c6)c6ccccc6n7-c6ccccc6)cn5)cn4)cc23)C1. The molecular weight excluding hydrogens is 1120 g/mol. The number of fused-ring (bicyclic) bond motifs is 11. The zero-order chi connectivity index (χ0) is 60.6. The van der Waals surface area contributed by atoms with Gasteiger partial charge in [-0.3, -0.25) is 9.80 Å². The van der Waals surface area contributed by atoms with Crippen molar-refractivity contribution in [2.75, 3.05) is 14.7 Å². The van der Waals surface area contributed by atoms with Crippen LogP contribution in [0.1, 0.15) is 48.9 Å². The van der Waals surface area contributed by atoms with Gasteiger partial charge in [-0.15, -0.1) is 0 Å². The number of allylic oxidation sites excluding steroid dienone is 8. The highest BCUT2D eigenvalue weighted by molar-refractivity contribution is 6.10. The Balaban J connectivity index is 0.714. The fourth-order valence-electron chi connectivity index (χ4n) is 16.7. The Morgan fingerprint density at radius 3 is 1.93 bits per heavy atom. The highest BCUT2D eigenvalue weighted by Gasteiger charge is 2.72. The molecule has 0 bridgehead atoms. The van der Waals surface area contributed by atoms with E-state index in [9.17, 15) is 0 Å². The van der Waals surface area contributed by atoms with E-state index in [1.807, 2.05) is 24.8 Å². The first-order valence-electron chi connectivity index (χ1n) is 32.5. The minimum Gasteiger partial charge on any atom is -0.354 e. The first-order valence-corrected chi connectivity index (χ1v) is 32.5. The van der Waals surface area contributed by atoms with Gasteiger partial charge < -0.3 is 18.9 Å². The third-order valence-corrected chi connectivity index (χ3v) is 20.7. The Hall–Kier alpha value is -11.1. The Morgan fingerprint density at radius 1 is 0.533 bits per heavy atom. The van der Waals surface area contributed by atoms with Gasteiger partial charge >= 0.3 is 0 Å². The second kappa shape index (κ2) is 20.7. The normalized spacial score (nSPS) is 22.6. The zero-order valence-corrected chi connectivity index (χ0v) is 50.9. The van der Waals surface area contributed by atoms with E-state index in [1.165, 1.54) is 66.8 Å². The van der Waals surface area contributed by atoms with Crippen molar-refractivity contribution in [3.05, 3.63) is 313 Å². The largest absolute Gasteiger partial charge is 0.354 e. The van der Waals surface area contributed by atoms with Gasteiger partial charge in [-0.05, 0) is 152 Å². The van der Waals surface area contributed by atoms with E-state index in [1.54, 1.807) is 5.57 Å². The van der Waals surface area contributed by atoms with E-state index < -0.39 is 0 Å². The molecule has 7 atom stereocenters. The molecule has 19 rings (SSSR count). The molecule has 7 unspecified atom stereocenters. The molecule has 1 spiro atoms. The van der Waals surface area contributed by atoms with Gasteiger partial charge in [-0.1, -0.05) is 159 Å². The summed E-state index contributed by atoms with van der Waals surface area (Å²) in [6.07, 6.45) is 46.7. The molecule has 0 saturated heterocycles. The lowest BCUT2D eigenvalue weighted by Gasteiger charge is -2.40. The molecule has 10 heteroatoms. The summed E-state index contributed by atoms with van der Waals surface area (Å²) in [5.41, 5.74) is 20.3. The van der Waals surface area contributed by atoms with E-state index >= 15 is 0 Å². The topological polar surface area (TPSA) is 74.4 Å². The van der Waals surface area contributed by atoms with E-state index in [4.69, 9.17) is 19.9 Å². The molecule has 6 aliphatic carbocycles. The molecule has 1 fully saturated rings. The average molecular weight is 1190 g/mol. The number of aromatic nitrogens is 6. The summed E-state index contributed by atoms with van der Waals surface area (Å²) in [6, 6.07) is 62.1. The summed E-state index contributed by atoms with van der Waals surface area (Å²) < 4.78 is 4.83. The first-order chi connectivity index (χ1) is 45.5. The van der Waals surface area contributed by atoms with Gasteiger partial charge in [0.25, 0.3) is 0 Å². The van der Waals surface area contributed by atoms with Crippen molar-refractivity contribution in [1.29, 1.82) is 0 Å². The monoisotopic (exact) mass is 1190 g/mol. The van der Waals surface area contributed by atoms with Crippen LogP contribution in [-0.4, -0.2) is 51.6 Å². The maximum Gasteiger partial charge on any atom is 0.156 e. The average Bonchev–Trinajstić information content (AvgIpc) is 1.48. The van der Waals surface area contributed by atoms with Gasteiger partial charge in [0.2, 0.25) is 0 Å². The Kier molecular flexibility index (Phi) is 11.9. The summed E-state index contributed by atoms with van der Waals surface area (Å²) in [4.78, 5) is 30.9. The van der Waals surface area contributed by atoms with Gasteiger partial charge in [-0.25, -0.2) is 19.9 Å². The molecule has 0 amide bonds. The Labute approximate surface area is 534 Å². The fourth-order valence-corrected chi connectivity index (χ4v) is 16.7. The molecule has 7 aromatic carbocycles. The maximum absolute atomic E-state index is 5.34. The van der Waals surface area contributed by atoms with Crippen LogP contribution >= 0.6 is 0 Å². The van der Waals surface area contributed by atoms with E-state index in [2.05, 4.69) is 297 Å². The second-order valence-corrected chi connectivity index (χ2v) is 25.7. The second-order valence-electron chi connectivity index (χ2n) is 25.7. The molecule has 442 valence electrons. The molecule has 11 aromatic rings. The molecule has 92 heavy (non-hydrogen) atoms. The first kappa shape index (κ1) is 52.8. The van der Waals surface area contributed by atoms with Crippen LogP contribution in [0, 0.1) is 17.8 Å². The Morgan fingerprint density at radius 2 is 1.18 bits per heavy atom. The summed E-state index contributed by atoms with van der Waals surface area (Å²) in [6.45, 7) is 2.30. The molecular formula is C82H64N10. The molecule has 0 radical (unpaired) electrons. The maximum atomic E-state index is 5.34. The summed E-state index contributed by atoms with van der Waals surface area (Å²) >= 11 is 0. The van der Waals surface area contributed by atoms with Crippen LogP contribution in [0.15, 0.2) is 297 Å². The molecule has 2 aliphatic heterocycles. The predicted octanol–water partition coefficient (Wildman–Crippen LogP) is 18.8. The van der Waals surface area contributed by atoms with E-state index in [-0.39, 0.29) is 17.5 Å². The van der Waals surface area contributed by atoms with Crippen molar-refractivity contribution in [2.45, 2.75) is 56.1 Å². The number of rotatable bonds is 11. The molecule has 8 aliphatic rings. The smallest absolute Gasteiger partial charge is 0.156 e. The van der Waals surface area contributed by atoms with Gasteiger partial charge in [0.1, 0.15) is 11.4 Å². The van der Waals surface area contributed by atoms with Crippen LogP contribution in [0.4, 0.5) is 40.1 Å². The number of anilines is 7. The quantitative estimate of drug-likeness (QED) is 0.127. The molecule has 1 saturated carbocycles. The lowest BCUT2D eigenvalue weighted by molar-refractivity contribution is 0.234. The molecule has 10 nitrogen and oxygen atoms in total. The lowest BCUT2D eigenvalue weighted by atomic mass is 9.91. The van der Waals surface area contributed by atoms with Crippen LogP contribution in [0.2, 0.25) is 0 Å². The third kappa shape index (κ3) is 8.05. The van der Waals surface area contributed by atoms with Crippen molar-refractivity contribution >= 4 is 78.9 Å². The zero-order valence-electron chi connectivity index (χ0n) is 50.9. The van der Waals surface area contributed by atoms with Gasteiger partial charge in [0, 0.05) is 96.4 Å². The highest BCUT2D eigenvalue weighted by Crippen LogP contribution is 2.70. The van der Waals surface area contributed by atoms with E-state index in [0.717, 1.165) is 65.5 Å². The van der Waals surface area contributed by atoms with Crippen molar-refractivity contribution in [3.8, 4) is 22.8 Å². The van der Waals surface area contributed by atoms with Crippen molar-refractivity contribution in [3.63, 3.8) is 0 Å². The minimum atomic E-state index is -0.0913. The van der Waals surface area contributed by atoms with Crippen LogP contribution in [0.5, 0.6) is 0 Å². The fraction of sp³-hybridized carbons (Fsp3) is 0.146. The van der Waals surface area contributed by atoms with Gasteiger partial charge in [-0.2, -0.15) is 0 Å². The highest BCUT2D eigenvalue weighted by atomic mass is 15.3. The van der Waals surface area contributed by atoms with Crippen molar-refractivity contribution in [2.24, 2.45) is 17.8 Å². The molecule has 4 aromatic heterocycles. The summed E-state index contributed by atoms with van der Waals surface area (Å²) in [7, 11) is 0.